The smallest absolute Gasteiger partial charge is 0.355 e. The first-order chi connectivity index (χ1) is 12.3. The summed E-state index contributed by atoms with van der Waals surface area (Å²) in [6.07, 6.45) is 0.527. The number of benzene rings is 1. The molecule has 0 saturated carbocycles. The molecule has 3 rings (SSSR count). The maximum Gasteiger partial charge on any atom is 0.355 e. The number of ether oxygens (including phenoxy) is 1. The third-order valence-corrected chi connectivity index (χ3v) is 6.48. The molecule has 1 saturated heterocycles. The molecule has 1 N–H and O–H groups in total. The van der Waals surface area contributed by atoms with Gasteiger partial charge in [-0.25, -0.2) is 13.2 Å². The lowest BCUT2D eigenvalue weighted by Gasteiger charge is -2.23. The summed E-state index contributed by atoms with van der Waals surface area (Å²) in [6.45, 7) is 2.07. The monoisotopic (exact) mass is 378 g/mol. The van der Waals surface area contributed by atoms with Crippen LogP contribution in [0.1, 0.15) is 29.4 Å². The SMILES string of the molecule is CCOC(=O)c1[nH]c2ccccc2c(=O)c1CN(C)[C@@H]1CCS(=O)(=O)C1. The molecule has 0 aliphatic carbocycles. The van der Waals surface area contributed by atoms with Crippen LogP contribution < -0.4 is 5.43 Å². The molecule has 0 unspecified atom stereocenters. The Labute approximate surface area is 151 Å². The molecule has 1 atom stereocenters. The van der Waals surface area contributed by atoms with Crippen LogP contribution in [0.5, 0.6) is 0 Å². The van der Waals surface area contributed by atoms with Crippen molar-refractivity contribution in [3.05, 3.63) is 45.7 Å². The number of nitrogens with zero attached hydrogens (tertiary/aromatic N) is 1. The van der Waals surface area contributed by atoms with Crippen LogP contribution in [0.15, 0.2) is 29.1 Å². The number of aromatic nitrogens is 1. The van der Waals surface area contributed by atoms with Crippen molar-refractivity contribution in [3.8, 4) is 0 Å². The molecule has 1 fully saturated rings. The Morgan fingerprint density at radius 1 is 1.35 bits per heavy atom. The predicted molar refractivity (Wildman–Crippen MR) is 99.1 cm³/mol. The lowest BCUT2D eigenvalue weighted by atomic mass is 10.1. The Morgan fingerprint density at radius 3 is 2.73 bits per heavy atom. The molecule has 1 aromatic carbocycles. The minimum atomic E-state index is -3.03. The van der Waals surface area contributed by atoms with Crippen LogP contribution in [0.3, 0.4) is 0 Å². The summed E-state index contributed by atoms with van der Waals surface area (Å²) in [5.74, 6) is -0.359. The summed E-state index contributed by atoms with van der Waals surface area (Å²) in [4.78, 5) is 30.2. The minimum absolute atomic E-state index is 0.0731. The number of para-hydroxylation sites is 1. The van der Waals surface area contributed by atoms with E-state index >= 15 is 0 Å². The average Bonchev–Trinajstić information content (AvgIpc) is 2.97. The normalized spacial score (nSPS) is 19.1. The molecule has 140 valence electrons. The van der Waals surface area contributed by atoms with Crippen LogP contribution in [0.2, 0.25) is 0 Å². The first-order valence-electron chi connectivity index (χ1n) is 8.54. The highest BCUT2D eigenvalue weighted by Gasteiger charge is 2.31. The molecule has 0 amide bonds. The van der Waals surface area contributed by atoms with Gasteiger partial charge in [-0.15, -0.1) is 0 Å². The number of rotatable bonds is 5. The summed E-state index contributed by atoms with van der Waals surface area (Å²) in [5.41, 5.74) is 0.753. The highest BCUT2D eigenvalue weighted by molar-refractivity contribution is 7.91. The van der Waals surface area contributed by atoms with Crippen molar-refractivity contribution in [2.45, 2.75) is 25.9 Å². The van der Waals surface area contributed by atoms with Crippen molar-refractivity contribution >= 4 is 26.7 Å². The minimum Gasteiger partial charge on any atom is -0.461 e. The van der Waals surface area contributed by atoms with E-state index in [4.69, 9.17) is 4.74 Å². The lowest BCUT2D eigenvalue weighted by Crippen LogP contribution is -2.35. The fourth-order valence-corrected chi connectivity index (χ4v) is 5.11. The molecule has 0 radical (unpaired) electrons. The van der Waals surface area contributed by atoms with E-state index < -0.39 is 15.8 Å². The van der Waals surface area contributed by atoms with Gasteiger partial charge >= 0.3 is 5.97 Å². The van der Waals surface area contributed by atoms with Crippen LogP contribution in [-0.4, -0.2) is 55.5 Å². The third-order valence-electron chi connectivity index (χ3n) is 4.73. The second-order valence-corrected chi connectivity index (χ2v) is 8.77. The largest absolute Gasteiger partial charge is 0.461 e. The second-order valence-electron chi connectivity index (χ2n) is 6.55. The van der Waals surface area contributed by atoms with Gasteiger partial charge in [0.1, 0.15) is 5.69 Å². The van der Waals surface area contributed by atoms with Gasteiger partial charge in [-0.3, -0.25) is 9.69 Å². The molecular formula is C18H22N2O5S. The van der Waals surface area contributed by atoms with Gasteiger partial charge in [-0.1, -0.05) is 12.1 Å². The highest BCUT2D eigenvalue weighted by atomic mass is 32.2. The quantitative estimate of drug-likeness (QED) is 0.789. The topological polar surface area (TPSA) is 96.5 Å². The molecular weight excluding hydrogens is 356 g/mol. The van der Waals surface area contributed by atoms with Crippen molar-refractivity contribution < 1.29 is 17.9 Å². The molecule has 26 heavy (non-hydrogen) atoms. The number of H-pyrrole nitrogens is 1. The van der Waals surface area contributed by atoms with E-state index in [0.29, 0.717) is 22.9 Å². The summed E-state index contributed by atoms with van der Waals surface area (Å²) in [5, 5.41) is 0.489. The Balaban J connectivity index is 2.02. The molecule has 1 aliphatic rings. The van der Waals surface area contributed by atoms with E-state index in [-0.39, 0.29) is 41.8 Å². The van der Waals surface area contributed by atoms with E-state index in [1.165, 1.54) is 0 Å². The van der Waals surface area contributed by atoms with Gasteiger partial charge in [0.25, 0.3) is 0 Å². The summed E-state index contributed by atoms with van der Waals surface area (Å²) in [6, 6.07) is 6.81. The number of fused-ring (bicyclic) bond motifs is 1. The van der Waals surface area contributed by atoms with Crippen molar-refractivity contribution in [1.29, 1.82) is 0 Å². The number of nitrogens with one attached hydrogen (secondary N) is 1. The van der Waals surface area contributed by atoms with Gasteiger partial charge in [0.05, 0.1) is 18.1 Å². The maximum absolute atomic E-state index is 13.0. The molecule has 0 spiro atoms. The van der Waals surface area contributed by atoms with Gasteiger partial charge in [0, 0.05) is 29.1 Å². The molecule has 7 nitrogen and oxygen atoms in total. The van der Waals surface area contributed by atoms with Crippen LogP contribution in [0.25, 0.3) is 10.9 Å². The van der Waals surface area contributed by atoms with E-state index in [1.807, 2.05) is 4.90 Å². The number of aromatic amines is 1. The Hall–Kier alpha value is -2.19. The summed E-state index contributed by atoms with van der Waals surface area (Å²) >= 11 is 0. The van der Waals surface area contributed by atoms with Gasteiger partial charge in [0.15, 0.2) is 15.3 Å². The molecule has 8 heteroatoms. The zero-order chi connectivity index (χ0) is 18.9. The predicted octanol–water partition coefficient (Wildman–Crippen LogP) is 1.32. The Bertz CT molecular complexity index is 996. The van der Waals surface area contributed by atoms with Crippen molar-refractivity contribution in [2.24, 2.45) is 0 Å². The van der Waals surface area contributed by atoms with Crippen LogP contribution in [-0.2, 0) is 21.1 Å². The highest BCUT2D eigenvalue weighted by Crippen LogP contribution is 2.20. The van der Waals surface area contributed by atoms with Gasteiger partial charge in [0.2, 0.25) is 0 Å². The number of hydrogen-bond donors (Lipinski definition) is 1. The standard InChI is InChI=1S/C18H22N2O5S/c1-3-25-18(22)16-14(10-20(2)12-8-9-26(23,24)11-12)17(21)13-6-4-5-7-15(13)19-16/h4-7,12H,3,8-11H2,1-2H3,(H,19,21)/t12-/m1/s1. The first kappa shape index (κ1) is 18.6. The van der Waals surface area contributed by atoms with E-state index in [1.54, 1.807) is 38.2 Å². The second kappa shape index (κ2) is 7.20. The molecule has 1 aromatic heterocycles. The number of sulfone groups is 1. The van der Waals surface area contributed by atoms with E-state index in [2.05, 4.69) is 4.98 Å². The van der Waals surface area contributed by atoms with Crippen LogP contribution >= 0.6 is 0 Å². The van der Waals surface area contributed by atoms with Crippen LogP contribution in [0.4, 0.5) is 0 Å². The molecule has 1 aliphatic heterocycles. The fourth-order valence-electron chi connectivity index (χ4n) is 3.31. The maximum atomic E-state index is 13.0. The van der Waals surface area contributed by atoms with Gasteiger partial charge in [-0.2, -0.15) is 0 Å². The number of pyridine rings is 1. The molecule has 2 heterocycles. The van der Waals surface area contributed by atoms with Crippen molar-refractivity contribution in [2.75, 3.05) is 25.2 Å². The first-order valence-corrected chi connectivity index (χ1v) is 10.4. The Morgan fingerprint density at radius 2 is 2.08 bits per heavy atom. The molecule has 0 bridgehead atoms. The molecule has 2 aromatic rings. The van der Waals surface area contributed by atoms with Gasteiger partial charge < -0.3 is 9.72 Å². The van der Waals surface area contributed by atoms with Crippen molar-refractivity contribution in [3.63, 3.8) is 0 Å². The number of hydrogen-bond acceptors (Lipinski definition) is 6. The number of esters is 1. The summed E-state index contributed by atoms with van der Waals surface area (Å²) < 4.78 is 28.6. The zero-order valence-electron chi connectivity index (χ0n) is 14.8. The number of carbonyl (C=O) groups excluding carboxylic acids is 1. The average molecular weight is 378 g/mol. The van der Waals surface area contributed by atoms with E-state index in [9.17, 15) is 18.0 Å². The number of carbonyl (C=O) groups is 1. The van der Waals surface area contributed by atoms with E-state index in [0.717, 1.165) is 0 Å². The van der Waals surface area contributed by atoms with Crippen molar-refractivity contribution in [1.82, 2.24) is 9.88 Å². The van der Waals surface area contributed by atoms with Crippen LogP contribution in [0, 0.1) is 0 Å². The van der Waals surface area contributed by atoms with Gasteiger partial charge in [-0.05, 0) is 32.5 Å². The lowest BCUT2D eigenvalue weighted by molar-refractivity contribution is 0.0517. The fraction of sp³-hybridized carbons (Fsp3) is 0.444. The zero-order valence-corrected chi connectivity index (χ0v) is 15.6. The summed E-state index contributed by atoms with van der Waals surface area (Å²) in [7, 11) is -1.26. The third kappa shape index (κ3) is 3.66. The Kier molecular flexibility index (Phi) is 5.15.